The summed E-state index contributed by atoms with van der Waals surface area (Å²) in [5, 5.41) is 0. The van der Waals surface area contributed by atoms with Crippen molar-refractivity contribution in [1.29, 1.82) is 0 Å². The number of piperidine rings is 1. The van der Waals surface area contributed by atoms with Gasteiger partial charge in [0, 0.05) is 37.1 Å². The van der Waals surface area contributed by atoms with Crippen molar-refractivity contribution in [3.05, 3.63) is 42.2 Å². The standard InChI is InChI=1S/C24H29N5O2/c1-15-6-4-5-11-28(15)14-20-23(26-22-10-8-18(25)13-29(20)22)17-7-9-21-19(12-17)27(3)24(30)16(2)31-21/h7-10,12-13,15-16H,4-6,11,14,25H2,1-3H3. The smallest absolute Gasteiger partial charge is 0.267 e. The number of anilines is 2. The minimum Gasteiger partial charge on any atom is -0.479 e. The van der Waals surface area contributed by atoms with Crippen LogP contribution in [0.1, 0.15) is 38.8 Å². The van der Waals surface area contributed by atoms with Gasteiger partial charge in [-0.2, -0.15) is 0 Å². The number of nitrogens with zero attached hydrogens (tertiary/aromatic N) is 4. The van der Waals surface area contributed by atoms with Gasteiger partial charge in [0.1, 0.15) is 11.4 Å². The Kier molecular flexibility index (Phi) is 4.85. The molecular weight excluding hydrogens is 390 g/mol. The lowest BCUT2D eigenvalue weighted by Gasteiger charge is -2.33. The summed E-state index contributed by atoms with van der Waals surface area (Å²) in [4.78, 5) is 21.6. The maximum Gasteiger partial charge on any atom is 0.267 e. The molecule has 1 saturated heterocycles. The van der Waals surface area contributed by atoms with E-state index in [1.165, 1.54) is 19.3 Å². The van der Waals surface area contributed by atoms with Crippen LogP contribution in [0.3, 0.4) is 0 Å². The highest BCUT2D eigenvalue weighted by Gasteiger charge is 2.30. The van der Waals surface area contributed by atoms with Crippen LogP contribution in [0.15, 0.2) is 36.5 Å². The van der Waals surface area contributed by atoms with Crippen LogP contribution in [-0.4, -0.2) is 45.9 Å². The van der Waals surface area contributed by atoms with Crippen LogP contribution in [0.5, 0.6) is 5.75 Å². The third-order valence-electron chi connectivity index (χ3n) is 6.61. The zero-order chi connectivity index (χ0) is 21.7. The van der Waals surface area contributed by atoms with Gasteiger partial charge in [0.15, 0.2) is 6.10 Å². The van der Waals surface area contributed by atoms with Gasteiger partial charge in [0.25, 0.3) is 5.91 Å². The van der Waals surface area contributed by atoms with Gasteiger partial charge < -0.3 is 19.8 Å². The molecule has 4 heterocycles. The van der Waals surface area contributed by atoms with E-state index in [0.29, 0.717) is 11.7 Å². The van der Waals surface area contributed by atoms with Gasteiger partial charge in [-0.1, -0.05) is 6.42 Å². The summed E-state index contributed by atoms with van der Waals surface area (Å²) in [6.45, 7) is 5.97. The number of carbonyl (C=O) groups is 1. The van der Waals surface area contributed by atoms with Crippen molar-refractivity contribution in [3.8, 4) is 17.0 Å². The third kappa shape index (κ3) is 3.43. The molecule has 5 rings (SSSR count). The van der Waals surface area contributed by atoms with Gasteiger partial charge >= 0.3 is 0 Å². The fraction of sp³-hybridized carbons (Fsp3) is 0.417. The van der Waals surface area contributed by atoms with Crippen LogP contribution < -0.4 is 15.4 Å². The molecule has 162 valence electrons. The monoisotopic (exact) mass is 419 g/mol. The molecule has 31 heavy (non-hydrogen) atoms. The molecule has 0 bridgehead atoms. The Labute approximate surface area is 182 Å². The SMILES string of the molecule is CC1Oc2ccc(-c3nc4ccc(N)cn4c3CN3CCCCC3C)cc2N(C)C1=O. The Bertz CT molecular complexity index is 1150. The first kappa shape index (κ1) is 19.9. The molecule has 0 saturated carbocycles. The molecule has 1 aromatic carbocycles. The van der Waals surface area contributed by atoms with Crippen molar-refractivity contribution in [2.75, 3.05) is 24.2 Å². The average molecular weight is 420 g/mol. The number of ether oxygens (including phenoxy) is 1. The number of rotatable bonds is 3. The van der Waals surface area contributed by atoms with Gasteiger partial charge in [-0.05, 0) is 63.6 Å². The van der Waals surface area contributed by atoms with E-state index in [2.05, 4.69) is 16.2 Å². The Morgan fingerprint density at radius 2 is 2.03 bits per heavy atom. The number of aromatic nitrogens is 2. The van der Waals surface area contributed by atoms with Crippen molar-refractivity contribution >= 4 is 22.9 Å². The Balaban J connectivity index is 1.62. The molecule has 0 spiro atoms. The van der Waals surface area contributed by atoms with Crippen LogP contribution in [-0.2, 0) is 11.3 Å². The number of fused-ring (bicyclic) bond motifs is 2. The molecule has 7 nitrogen and oxygen atoms in total. The topological polar surface area (TPSA) is 76.1 Å². The number of amides is 1. The number of imidazole rings is 1. The Morgan fingerprint density at radius 3 is 2.84 bits per heavy atom. The quantitative estimate of drug-likeness (QED) is 0.701. The summed E-state index contributed by atoms with van der Waals surface area (Å²) in [5.41, 5.74) is 11.5. The minimum absolute atomic E-state index is 0.0465. The lowest BCUT2D eigenvalue weighted by atomic mass is 10.0. The maximum atomic E-state index is 12.4. The molecule has 2 aliphatic rings. The fourth-order valence-corrected chi connectivity index (χ4v) is 4.74. The van der Waals surface area contributed by atoms with Crippen LogP contribution in [0, 0.1) is 0 Å². The van der Waals surface area contributed by atoms with Crippen molar-refractivity contribution in [3.63, 3.8) is 0 Å². The average Bonchev–Trinajstić information content (AvgIpc) is 3.11. The van der Waals surface area contributed by atoms with Crippen molar-refractivity contribution in [2.24, 2.45) is 0 Å². The molecule has 2 aromatic heterocycles. The van der Waals surface area contributed by atoms with E-state index in [1.807, 2.05) is 36.5 Å². The third-order valence-corrected chi connectivity index (χ3v) is 6.61. The second-order valence-electron chi connectivity index (χ2n) is 8.75. The highest BCUT2D eigenvalue weighted by Crippen LogP contribution is 2.38. The Morgan fingerprint density at radius 1 is 1.19 bits per heavy atom. The Hall–Kier alpha value is -3.06. The van der Waals surface area contributed by atoms with E-state index < -0.39 is 6.10 Å². The lowest BCUT2D eigenvalue weighted by molar-refractivity contribution is -0.125. The summed E-state index contributed by atoms with van der Waals surface area (Å²) in [7, 11) is 1.80. The number of likely N-dealkylation sites (tertiary alicyclic amines) is 1. The van der Waals surface area contributed by atoms with Crippen molar-refractivity contribution < 1.29 is 9.53 Å². The highest BCUT2D eigenvalue weighted by atomic mass is 16.5. The van der Waals surface area contributed by atoms with Gasteiger partial charge in [-0.3, -0.25) is 9.69 Å². The van der Waals surface area contributed by atoms with Gasteiger partial charge in [-0.15, -0.1) is 0 Å². The van der Waals surface area contributed by atoms with Crippen molar-refractivity contribution in [1.82, 2.24) is 14.3 Å². The lowest BCUT2D eigenvalue weighted by Crippen LogP contribution is -2.41. The molecule has 2 unspecified atom stereocenters. The zero-order valence-electron chi connectivity index (χ0n) is 18.3. The highest BCUT2D eigenvalue weighted by molar-refractivity contribution is 6.00. The van der Waals surface area contributed by atoms with E-state index in [9.17, 15) is 4.79 Å². The summed E-state index contributed by atoms with van der Waals surface area (Å²) in [6, 6.07) is 10.4. The fourth-order valence-electron chi connectivity index (χ4n) is 4.74. The summed E-state index contributed by atoms with van der Waals surface area (Å²) in [5.74, 6) is 0.673. The molecular formula is C24H29N5O2. The van der Waals surface area contributed by atoms with Crippen LogP contribution in [0.25, 0.3) is 16.9 Å². The molecule has 3 aromatic rings. The molecule has 2 N–H and O–H groups in total. The van der Waals surface area contributed by atoms with Gasteiger partial charge in [-0.25, -0.2) is 4.98 Å². The molecule has 2 atom stereocenters. The molecule has 7 heteroatoms. The molecule has 2 aliphatic heterocycles. The van der Waals surface area contributed by atoms with Crippen LogP contribution in [0.2, 0.25) is 0 Å². The van der Waals surface area contributed by atoms with E-state index in [-0.39, 0.29) is 5.91 Å². The number of carbonyl (C=O) groups excluding carboxylic acids is 1. The normalized spacial score (nSPS) is 21.9. The number of hydrogen-bond acceptors (Lipinski definition) is 5. The van der Waals surface area contributed by atoms with Gasteiger partial charge in [0.05, 0.1) is 17.1 Å². The van der Waals surface area contributed by atoms with E-state index >= 15 is 0 Å². The maximum absolute atomic E-state index is 12.4. The number of pyridine rings is 1. The number of hydrogen-bond donors (Lipinski definition) is 1. The van der Waals surface area contributed by atoms with E-state index in [1.54, 1.807) is 18.9 Å². The number of nitrogens with two attached hydrogens (primary N) is 1. The molecule has 1 amide bonds. The predicted molar refractivity (Wildman–Crippen MR) is 122 cm³/mol. The van der Waals surface area contributed by atoms with E-state index in [0.717, 1.165) is 47.1 Å². The first-order chi connectivity index (χ1) is 14.9. The van der Waals surface area contributed by atoms with Gasteiger partial charge in [0.2, 0.25) is 0 Å². The van der Waals surface area contributed by atoms with E-state index in [4.69, 9.17) is 15.5 Å². The summed E-state index contributed by atoms with van der Waals surface area (Å²) >= 11 is 0. The second kappa shape index (κ2) is 7.57. The predicted octanol–water partition coefficient (Wildman–Crippen LogP) is 3.70. The molecule has 0 aliphatic carbocycles. The number of benzene rings is 1. The first-order valence-corrected chi connectivity index (χ1v) is 11.0. The second-order valence-corrected chi connectivity index (χ2v) is 8.75. The number of nitrogen functional groups attached to an aromatic ring is 1. The molecule has 1 fully saturated rings. The molecule has 0 radical (unpaired) electrons. The minimum atomic E-state index is -0.474. The van der Waals surface area contributed by atoms with Crippen LogP contribution in [0.4, 0.5) is 11.4 Å². The largest absolute Gasteiger partial charge is 0.479 e. The van der Waals surface area contributed by atoms with Crippen LogP contribution >= 0.6 is 0 Å². The zero-order valence-corrected chi connectivity index (χ0v) is 18.3. The summed E-state index contributed by atoms with van der Waals surface area (Å²) in [6.07, 6.45) is 5.20. The number of likely N-dealkylation sites (N-methyl/N-ethyl adjacent to an activating group) is 1. The summed E-state index contributed by atoms with van der Waals surface area (Å²) < 4.78 is 7.91. The first-order valence-electron chi connectivity index (χ1n) is 11.0. The van der Waals surface area contributed by atoms with Crippen molar-refractivity contribution in [2.45, 2.75) is 51.8 Å².